The molecule has 1 aliphatic rings. The van der Waals surface area contributed by atoms with Gasteiger partial charge < -0.3 is 14.7 Å². The predicted octanol–water partition coefficient (Wildman–Crippen LogP) is 8.39. The van der Waals surface area contributed by atoms with Crippen molar-refractivity contribution < 1.29 is 9.84 Å². The van der Waals surface area contributed by atoms with Gasteiger partial charge in [-0.1, -0.05) is 79.9 Å². The van der Waals surface area contributed by atoms with Crippen LogP contribution in [0.4, 0.5) is 5.69 Å². The average Bonchev–Trinajstić information content (AvgIpc) is 2.87. The summed E-state index contributed by atoms with van der Waals surface area (Å²) in [6.45, 7) is 8.64. The molecule has 1 atom stereocenters. The highest BCUT2D eigenvalue weighted by Crippen LogP contribution is 2.40. The van der Waals surface area contributed by atoms with Crippen molar-refractivity contribution in [3.05, 3.63) is 85.9 Å². The van der Waals surface area contributed by atoms with E-state index < -0.39 is 0 Å². The summed E-state index contributed by atoms with van der Waals surface area (Å²) in [6, 6.07) is 13.8. The van der Waals surface area contributed by atoms with Gasteiger partial charge in [0.05, 0.1) is 30.5 Å². The van der Waals surface area contributed by atoms with Crippen LogP contribution in [0.25, 0.3) is 0 Å². The third kappa shape index (κ3) is 8.63. The fourth-order valence-electron chi connectivity index (χ4n) is 3.86. The molecule has 1 saturated heterocycles. The molecule has 4 nitrogen and oxygen atoms in total. The molecule has 1 unspecified atom stereocenters. The minimum Gasteiger partial charge on any atom is -0.500 e. The van der Waals surface area contributed by atoms with Crippen LogP contribution in [-0.4, -0.2) is 42.8 Å². The topological polar surface area (TPSA) is 35.9 Å². The molecule has 0 aromatic heterocycles. The quantitative estimate of drug-likeness (QED) is 0.190. The molecule has 2 aromatic carbocycles. The van der Waals surface area contributed by atoms with Crippen LogP contribution in [-0.2, 0) is 4.74 Å². The molecule has 2 aromatic rings. The van der Waals surface area contributed by atoms with Gasteiger partial charge in [0.25, 0.3) is 0 Å². The molecule has 8 heteroatoms. The Morgan fingerprint density at radius 2 is 1.74 bits per heavy atom. The summed E-state index contributed by atoms with van der Waals surface area (Å²) in [7, 11) is 1.70. The number of aliphatic hydroxyl groups is 1. The van der Waals surface area contributed by atoms with Gasteiger partial charge in [-0.05, 0) is 54.3 Å². The number of anilines is 1. The summed E-state index contributed by atoms with van der Waals surface area (Å²) < 4.78 is 8.06. The van der Waals surface area contributed by atoms with Crippen molar-refractivity contribution in [1.82, 2.24) is 4.31 Å². The number of benzene rings is 2. The molecule has 1 fully saturated rings. The Morgan fingerprint density at radius 3 is 2.34 bits per heavy atom. The van der Waals surface area contributed by atoms with Crippen molar-refractivity contribution in [3.63, 3.8) is 0 Å². The molecule has 1 aliphatic heterocycles. The van der Waals surface area contributed by atoms with Crippen LogP contribution in [0.15, 0.2) is 65.3 Å². The lowest BCUT2D eigenvalue weighted by atomic mass is 10.0. The fourth-order valence-corrected chi connectivity index (χ4v) is 5.60. The monoisotopic (exact) mass is 556 g/mol. The van der Waals surface area contributed by atoms with E-state index in [1.807, 2.05) is 44.2 Å². The van der Waals surface area contributed by atoms with Crippen LogP contribution in [0.5, 0.6) is 0 Å². The third-order valence-electron chi connectivity index (χ3n) is 5.51. The van der Waals surface area contributed by atoms with Crippen LogP contribution >= 0.6 is 46.8 Å². The van der Waals surface area contributed by atoms with Crippen molar-refractivity contribution in [2.45, 2.75) is 39.7 Å². The SMILES string of the molecule is CC.CC/C(SN1CCN(c2ccc(Cl)cc2Cl)C(c2ccc(Cl)cc2)C1)=C(\C/C=C\CO)OC. The van der Waals surface area contributed by atoms with E-state index >= 15 is 0 Å². The lowest BCUT2D eigenvalue weighted by Gasteiger charge is -2.43. The Bertz CT molecular complexity index is 983. The van der Waals surface area contributed by atoms with E-state index in [4.69, 9.17) is 44.6 Å². The lowest BCUT2D eigenvalue weighted by molar-refractivity contribution is 0.281. The highest BCUT2D eigenvalue weighted by atomic mass is 35.5. The smallest absolute Gasteiger partial charge is 0.110 e. The van der Waals surface area contributed by atoms with E-state index in [0.717, 1.165) is 37.5 Å². The van der Waals surface area contributed by atoms with Crippen molar-refractivity contribution in [2.75, 3.05) is 38.3 Å². The first-order valence-electron chi connectivity index (χ1n) is 11.9. The summed E-state index contributed by atoms with van der Waals surface area (Å²) in [4.78, 5) is 3.53. The van der Waals surface area contributed by atoms with E-state index in [-0.39, 0.29) is 12.6 Å². The second kappa shape index (κ2) is 15.7. The zero-order valence-electron chi connectivity index (χ0n) is 20.8. The van der Waals surface area contributed by atoms with Crippen LogP contribution in [0.3, 0.4) is 0 Å². The molecular weight excluding hydrogens is 523 g/mol. The summed E-state index contributed by atoms with van der Waals surface area (Å²) in [6.07, 6.45) is 5.21. The summed E-state index contributed by atoms with van der Waals surface area (Å²) in [5.74, 6) is 0.929. The Kier molecular flexibility index (Phi) is 13.4. The standard InChI is InChI=1S/C25H29Cl3N2O2S.C2H6/c1-3-25(24(32-2)6-4-5-15-31)33-29-13-14-30(22-12-11-20(27)16-21(22)28)23(17-29)18-7-9-19(26)10-8-18;1-2/h4-5,7-12,16,23,31H,3,6,13-15,17H2,1-2H3;1-2H3/b5-4-,25-24-;. The molecule has 35 heavy (non-hydrogen) atoms. The maximum absolute atomic E-state index is 9.03. The number of rotatable bonds is 9. The van der Waals surface area contributed by atoms with Crippen LogP contribution in [0, 0.1) is 0 Å². The first kappa shape index (κ1) is 29.9. The van der Waals surface area contributed by atoms with Crippen LogP contribution in [0.2, 0.25) is 15.1 Å². The van der Waals surface area contributed by atoms with E-state index in [1.54, 1.807) is 31.2 Å². The minimum absolute atomic E-state index is 0.0313. The summed E-state index contributed by atoms with van der Waals surface area (Å²) in [5, 5.41) is 11.0. The number of piperazine rings is 1. The van der Waals surface area contributed by atoms with Gasteiger partial charge in [0.15, 0.2) is 0 Å². The number of halogens is 3. The zero-order valence-corrected chi connectivity index (χ0v) is 23.9. The van der Waals surface area contributed by atoms with Gasteiger partial charge in [0.2, 0.25) is 0 Å². The molecule has 0 aliphatic carbocycles. The number of methoxy groups -OCH3 is 1. The highest BCUT2D eigenvalue weighted by Gasteiger charge is 2.31. The maximum atomic E-state index is 9.03. The summed E-state index contributed by atoms with van der Waals surface area (Å²) >= 11 is 20.6. The molecule has 192 valence electrons. The number of hydrogen-bond acceptors (Lipinski definition) is 5. The number of aliphatic hydroxyl groups excluding tert-OH is 1. The minimum atomic E-state index is 0.0313. The molecule has 0 radical (unpaired) electrons. The fraction of sp³-hybridized carbons (Fsp3) is 0.407. The van der Waals surface area contributed by atoms with E-state index in [1.165, 1.54) is 10.5 Å². The Balaban J connectivity index is 0.00000210. The van der Waals surface area contributed by atoms with Crippen molar-refractivity contribution in [3.8, 4) is 0 Å². The first-order chi connectivity index (χ1) is 17.0. The Labute approximate surface area is 229 Å². The van der Waals surface area contributed by atoms with Gasteiger partial charge in [-0.15, -0.1) is 0 Å². The van der Waals surface area contributed by atoms with Crippen LogP contribution in [0.1, 0.15) is 45.2 Å². The molecule has 1 heterocycles. The van der Waals surface area contributed by atoms with E-state index in [2.05, 4.69) is 28.3 Å². The molecule has 0 saturated carbocycles. The predicted molar refractivity (Wildman–Crippen MR) is 154 cm³/mol. The number of nitrogens with zero attached hydrogens (tertiary/aromatic N) is 2. The Hall–Kier alpha value is -1.34. The van der Waals surface area contributed by atoms with Gasteiger partial charge in [-0.2, -0.15) is 0 Å². The van der Waals surface area contributed by atoms with Gasteiger partial charge in [-0.25, -0.2) is 4.31 Å². The molecule has 0 spiro atoms. The normalized spacial score (nSPS) is 17.1. The number of allylic oxidation sites excluding steroid dienone is 2. The zero-order chi connectivity index (χ0) is 25.8. The van der Waals surface area contributed by atoms with E-state index in [0.29, 0.717) is 21.5 Å². The Morgan fingerprint density at radius 1 is 1.06 bits per heavy atom. The highest BCUT2D eigenvalue weighted by molar-refractivity contribution is 8.00. The summed E-state index contributed by atoms with van der Waals surface area (Å²) in [5.41, 5.74) is 2.15. The van der Waals surface area contributed by atoms with Crippen molar-refractivity contribution in [1.29, 1.82) is 0 Å². The molecular formula is C27H35Cl3N2O2S. The largest absolute Gasteiger partial charge is 0.500 e. The molecule has 0 amide bonds. The molecule has 0 bridgehead atoms. The first-order valence-corrected chi connectivity index (χ1v) is 13.8. The van der Waals surface area contributed by atoms with Gasteiger partial charge in [0.1, 0.15) is 5.76 Å². The van der Waals surface area contributed by atoms with Crippen LogP contribution < -0.4 is 4.90 Å². The average molecular weight is 558 g/mol. The van der Waals surface area contributed by atoms with Crippen molar-refractivity contribution >= 4 is 52.4 Å². The third-order valence-corrected chi connectivity index (χ3v) is 7.63. The maximum Gasteiger partial charge on any atom is 0.110 e. The molecule has 3 rings (SSSR count). The van der Waals surface area contributed by atoms with Crippen molar-refractivity contribution in [2.24, 2.45) is 0 Å². The van der Waals surface area contributed by atoms with E-state index in [9.17, 15) is 0 Å². The van der Waals surface area contributed by atoms with Gasteiger partial charge in [-0.3, -0.25) is 0 Å². The number of ether oxygens (including phenoxy) is 1. The van der Waals surface area contributed by atoms with Gasteiger partial charge in [0, 0.05) is 41.0 Å². The van der Waals surface area contributed by atoms with Gasteiger partial charge >= 0.3 is 0 Å². The lowest BCUT2D eigenvalue weighted by Crippen LogP contribution is -2.46. The molecule has 1 N–H and O–H groups in total. The number of hydrogen-bond donors (Lipinski definition) is 1. The second-order valence-corrected chi connectivity index (χ2v) is 10.1. The second-order valence-electron chi connectivity index (χ2n) is 7.60.